The molecule has 0 radical (unpaired) electrons. The number of carbonyl (C=O) groups is 2. The molecule has 0 bridgehead atoms. The van der Waals surface area contributed by atoms with Crippen molar-refractivity contribution in [3.8, 4) is 5.69 Å². The highest BCUT2D eigenvalue weighted by Gasteiger charge is 2.18. The summed E-state index contributed by atoms with van der Waals surface area (Å²) in [6.45, 7) is 0. The summed E-state index contributed by atoms with van der Waals surface area (Å²) in [5, 5.41) is 17.6. The molecule has 0 atom stereocenters. The number of imide groups is 1. The lowest BCUT2D eigenvalue weighted by Gasteiger charge is -2.22. The van der Waals surface area contributed by atoms with Crippen molar-refractivity contribution in [3.63, 3.8) is 0 Å². The number of aromatic nitrogens is 4. The van der Waals surface area contributed by atoms with Crippen molar-refractivity contribution in [1.29, 1.82) is 0 Å². The van der Waals surface area contributed by atoms with Crippen LogP contribution in [0, 0.1) is 0 Å². The maximum atomic E-state index is 12.0. The number of rotatable bonds is 5. The van der Waals surface area contributed by atoms with Crippen LogP contribution in [0.5, 0.6) is 0 Å². The normalized spacial score (nSPS) is 14.8. The van der Waals surface area contributed by atoms with E-state index in [1.165, 1.54) is 11.1 Å². The minimum Gasteiger partial charge on any atom is -0.335 e. The number of urea groups is 1. The molecule has 0 saturated heterocycles. The number of nitrogens with one attached hydrogen (secondary N) is 2. The Hall–Kier alpha value is -2.13. The van der Waals surface area contributed by atoms with Gasteiger partial charge in [-0.1, -0.05) is 48.7 Å². The number of hydrogen-bond acceptors (Lipinski definition) is 6. The molecule has 2 N–H and O–H groups in total. The summed E-state index contributed by atoms with van der Waals surface area (Å²) in [5.74, 6) is -0.372. The van der Waals surface area contributed by atoms with E-state index in [0.29, 0.717) is 15.9 Å². The van der Waals surface area contributed by atoms with Crippen LogP contribution in [-0.2, 0) is 4.79 Å². The average Bonchev–Trinajstić information content (AvgIpc) is 3.09. The zero-order chi connectivity index (χ0) is 18.4. The predicted octanol–water partition coefficient (Wildman–Crippen LogP) is 2.57. The summed E-state index contributed by atoms with van der Waals surface area (Å²) in [6, 6.07) is 6.77. The van der Waals surface area contributed by atoms with Gasteiger partial charge in [0.15, 0.2) is 0 Å². The van der Waals surface area contributed by atoms with Crippen LogP contribution in [0.4, 0.5) is 4.79 Å². The third-order valence-electron chi connectivity index (χ3n) is 4.02. The van der Waals surface area contributed by atoms with Crippen LogP contribution in [-0.4, -0.2) is 43.9 Å². The average molecular weight is 395 g/mol. The summed E-state index contributed by atoms with van der Waals surface area (Å²) >= 11 is 7.12. The van der Waals surface area contributed by atoms with Crippen molar-refractivity contribution in [2.45, 2.75) is 43.3 Å². The fourth-order valence-electron chi connectivity index (χ4n) is 2.80. The van der Waals surface area contributed by atoms with Crippen LogP contribution in [0.15, 0.2) is 29.4 Å². The van der Waals surface area contributed by atoms with Crippen LogP contribution in [0.25, 0.3) is 5.69 Å². The van der Waals surface area contributed by atoms with Crippen molar-refractivity contribution in [3.05, 3.63) is 29.3 Å². The molecular formula is C16H19ClN6O2S. The second kappa shape index (κ2) is 9.00. The smallest absolute Gasteiger partial charge is 0.321 e. The predicted molar refractivity (Wildman–Crippen MR) is 98.4 cm³/mol. The van der Waals surface area contributed by atoms with Crippen LogP contribution in [0.1, 0.15) is 32.1 Å². The lowest BCUT2D eigenvalue weighted by molar-refractivity contribution is -0.117. The van der Waals surface area contributed by atoms with Crippen LogP contribution >= 0.6 is 23.4 Å². The number of amides is 3. The number of benzene rings is 1. The zero-order valence-corrected chi connectivity index (χ0v) is 15.6. The summed E-state index contributed by atoms with van der Waals surface area (Å²) in [5.41, 5.74) is 0.695. The molecule has 1 saturated carbocycles. The molecule has 1 aromatic carbocycles. The maximum Gasteiger partial charge on any atom is 0.321 e. The highest BCUT2D eigenvalue weighted by Crippen LogP contribution is 2.20. The molecule has 0 spiro atoms. The molecule has 1 fully saturated rings. The van der Waals surface area contributed by atoms with E-state index in [9.17, 15) is 9.59 Å². The molecule has 2 aromatic rings. The second-order valence-corrected chi connectivity index (χ2v) is 7.38. The highest BCUT2D eigenvalue weighted by atomic mass is 35.5. The first kappa shape index (κ1) is 18.7. The molecule has 0 unspecified atom stereocenters. The Morgan fingerprint density at radius 1 is 1.27 bits per heavy atom. The number of hydrogen-bond donors (Lipinski definition) is 2. The first-order valence-electron chi connectivity index (χ1n) is 8.39. The molecule has 138 valence electrons. The second-order valence-electron chi connectivity index (χ2n) is 6.00. The van der Waals surface area contributed by atoms with Gasteiger partial charge in [0.25, 0.3) is 0 Å². The van der Waals surface area contributed by atoms with Gasteiger partial charge in [0.05, 0.1) is 11.4 Å². The fraction of sp³-hybridized carbons (Fsp3) is 0.438. The first-order valence-corrected chi connectivity index (χ1v) is 9.75. The zero-order valence-electron chi connectivity index (χ0n) is 14.0. The fourth-order valence-corrected chi connectivity index (χ4v) is 3.68. The van der Waals surface area contributed by atoms with E-state index in [1.807, 2.05) is 6.07 Å². The minimum absolute atomic E-state index is 0.0268. The monoisotopic (exact) mass is 394 g/mol. The van der Waals surface area contributed by atoms with Crippen LogP contribution in [0.3, 0.4) is 0 Å². The van der Waals surface area contributed by atoms with Gasteiger partial charge in [-0.25, -0.2) is 4.79 Å². The van der Waals surface area contributed by atoms with Crippen molar-refractivity contribution in [2.24, 2.45) is 0 Å². The Kier molecular flexibility index (Phi) is 6.45. The van der Waals surface area contributed by atoms with Gasteiger partial charge in [0.1, 0.15) is 0 Å². The number of tetrazole rings is 1. The van der Waals surface area contributed by atoms with E-state index in [0.717, 1.165) is 37.4 Å². The molecule has 26 heavy (non-hydrogen) atoms. The Morgan fingerprint density at radius 2 is 2.08 bits per heavy atom. The Labute approximate surface area is 160 Å². The van der Waals surface area contributed by atoms with Gasteiger partial charge in [-0.3, -0.25) is 10.1 Å². The topological polar surface area (TPSA) is 102 Å². The Balaban J connectivity index is 1.50. The standard InChI is InChI=1S/C16H19ClN6O2S/c17-11-5-4-8-13(9-11)23-16(20-21-22-23)26-10-14(24)19-15(25)18-12-6-2-1-3-7-12/h4-5,8-9,12H,1-3,6-7,10H2,(H2,18,19,24,25). The van der Waals surface area contributed by atoms with Crippen LogP contribution in [0.2, 0.25) is 5.02 Å². The molecular weight excluding hydrogens is 376 g/mol. The van der Waals surface area contributed by atoms with Crippen LogP contribution < -0.4 is 10.6 Å². The summed E-state index contributed by atoms with van der Waals surface area (Å²) in [6.07, 6.45) is 5.36. The maximum absolute atomic E-state index is 12.0. The van der Waals surface area contributed by atoms with Gasteiger partial charge in [0.2, 0.25) is 11.1 Å². The minimum atomic E-state index is -0.447. The number of nitrogens with zero attached hydrogens (tertiary/aromatic N) is 4. The number of carbonyl (C=O) groups excluding carboxylic acids is 2. The molecule has 3 amide bonds. The Bertz CT molecular complexity index is 778. The van der Waals surface area contributed by atoms with E-state index in [2.05, 4.69) is 26.2 Å². The number of thioether (sulfide) groups is 1. The van der Waals surface area contributed by atoms with E-state index in [-0.39, 0.29) is 11.8 Å². The van der Waals surface area contributed by atoms with Crippen molar-refractivity contribution < 1.29 is 9.59 Å². The van der Waals surface area contributed by atoms with Gasteiger partial charge in [-0.2, -0.15) is 4.68 Å². The first-order chi connectivity index (χ1) is 12.6. The van der Waals surface area contributed by atoms with Crippen molar-refractivity contribution in [1.82, 2.24) is 30.8 Å². The van der Waals surface area contributed by atoms with Gasteiger partial charge in [-0.15, -0.1) is 5.10 Å². The van der Waals surface area contributed by atoms with Crippen molar-refractivity contribution in [2.75, 3.05) is 5.75 Å². The molecule has 3 rings (SSSR count). The lowest BCUT2D eigenvalue weighted by Crippen LogP contribution is -2.45. The van der Waals surface area contributed by atoms with Gasteiger partial charge in [-0.05, 0) is 41.5 Å². The van der Waals surface area contributed by atoms with Gasteiger partial charge in [0, 0.05) is 11.1 Å². The van der Waals surface area contributed by atoms with E-state index in [1.54, 1.807) is 18.2 Å². The highest BCUT2D eigenvalue weighted by molar-refractivity contribution is 7.99. The molecule has 1 aromatic heterocycles. The molecule has 10 heteroatoms. The van der Waals surface area contributed by atoms with E-state index < -0.39 is 11.9 Å². The van der Waals surface area contributed by atoms with Gasteiger partial charge >= 0.3 is 6.03 Å². The molecule has 0 aliphatic heterocycles. The molecule has 1 aliphatic carbocycles. The third kappa shape index (κ3) is 5.18. The Morgan fingerprint density at radius 3 is 2.85 bits per heavy atom. The molecule has 1 aliphatic rings. The third-order valence-corrected chi connectivity index (χ3v) is 5.17. The SMILES string of the molecule is O=C(CSc1nnnn1-c1cccc(Cl)c1)NC(=O)NC1CCCCC1. The van der Waals surface area contributed by atoms with E-state index in [4.69, 9.17) is 11.6 Å². The van der Waals surface area contributed by atoms with E-state index >= 15 is 0 Å². The number of halogens is 1. The lowest BCUT2D eigenvalue weighted by atomic mass is 9.96. The summed E-state index contributed by atoms with van der Waals surface area (Å²) < 4.78 is 1.49. The summed E-state index contributed by atoms with van der Waals surface area (Å²) in [7, 11) is 0. The van der Waals surface area contributed by atoms with Gasteiger partial charge < -0.3 is 5.32 Å². The largest absolute Gasteiger partial charge is 0.335 e. The van der Waals surface area contributed by atoms with Crippen molar-refractivity contribution >= 4 is 35.3 Å². The summed E-state index contributed by atoms with van der Waals surface area (Å²) in [4.78, 5) is 23.9. The quantitative estimate of drug-likeness (QED) is 0.755. The molecule has 8 nitrogen and oxygen atoms in total. The molecule has 1 heterocycles.